The molecular formula is C22H24ClN3O3. The van der Waals surface area contributed by atoms with E-state index >= 15 is 0 Å². The highest BCUT2D eigenvalue weighted by Crippen LogP contribution is 2.30. The Bertz CT molecular complexity index is 954. The van der Waals surface area contributed by atoms with Crippen molar-refractivity contribution in [3.8, 4) is 5.75 Å². The summed E-state index contributed by atoms with van der Waals surface area (Å²) in [6.45, 7) is 5.31. The second-order valence-corrected chi connectivity index (χ2v) is 7.62. The van der Waals surface area contributed by atoms with E-state index in [1.807, 2.05) is 31.2 Å². The van der Waals surface area contributed by atoms with Gasteiger partial charge in [0.05, 0.1) is 5.71 Å². The Morgan fingerprint density at radius 1 is 1.21 bits per heavy atom. The minimum atomic E-state index is -0.726. The predicted molar refractivity (Wildman–Crippen MR) is 114 cm³/mol. The average molecular weight is 414 g/mol. The number of hydrazone groups is 1. The highest BCUT2D eigenvalue weighted by atomic mass is 35.5. The summed E-state index contributed by atoms with van der Waals surface area (Å²) in [5, 5.41) is 7.69. The molecule has 0 bridgehead atoms. The van der Waals surface area contributed by atoms with Gasteiger partial charge in [0.2, 0.25) is 5.91 Å². The van der Waals surface area contributed by atoms with Crippen molar-refractivity contribution in [3.63, 3.8) is 0 Å². The van der Waals surface area contributed by atoms with Crippen molar-refractivity contribution in [1.29, 1.82) is 0 Å². The zero-order valence-corrected chi connectivity index (χ0v) is 17.4. The van der Waals surface area contributed by atoms with E-state index in [0.29, 0.717) is 16.5 Å². The minimum Gasteiger partial charge on any atom is -0.481 e. The molecule has 7 heteroatoms. The van der Waals surface area contributed by atoms with Crippen LogP contribution in [0.1, 0.15) is 37.8 Å². The van der Waals surface area contributed by atoms with Gasteiger partial charge in [-0.25, -0.2) is 5.43 Å². The second kappa shape index (κ2) is 9.09. The van der Waals surface area contributed by atoms with Gasteiger partial charge in [-0.15, -0.1) is 0 Å². The summed E-state index contributed by atoms with van der Waals surface area (Å²) in [6.07, 6.45) is 1.18. The molecule has 2 amide bonds. The second-order valence-electron chi connectivity index (χ2n) is 7.19. The number of aryl methyl sites for hydroxylation is 1. The van der Waals surface area contributed by atoms with Gasteiger partial charge in [0.15, 0.2) is 6.10 Å². The lowest BCUT2D eigenvalue weighted by Gasteiger charge is -2.15. The summed E-state index contributed by atoms with van der Waals surface area (Å²) in [5.41, 5.74) is 5.53. The number of hydrogen-bond acceptors (Lipinski definition) is 4. The molecular weight excluding hydrogens is 390 g/mol. The number of hydrogen-bond donors (Lipinski definition) is 2. The van der Waals surface area contributed by atoms with Crippen molar-refractivity contribution in [2.45, 2.75) is 39.7 Å². The first-order chi connectivity index (χ1) is 13.8. The van der Waals surface area contributed by atoms with Crippen LogP contribution in [0, 0.1) is 12.8 Å². The number of anilines is 1. The fraction of sp³-hybridized carbons (Fsp3) is 0.318. The predicted octanol–water partition coefficient (Wildman–Crippen LogP) is 4.30. The number of rotatable bonds is 7. The van der Waals surface area contributed by atoms with E-state index in [2.05, 4.69) is 15.8 Å². The molecule has 1 atom stereocenters. The standard InChI is InChI=1S/C22H24ClN3O3/c1-13-11-18(23)9-10-20(13)29-15(3)21(27)26-25-14(2)17-5-4-6-19(12-17)24-22(28)16-7-8-16/h4-6,9-12,15-16H,7-8H2,1-3H3,(H,24,28)(H,26,27). The fourth-order valence-corrected chi connectivity index (χ4v) is 2.92. The average Bonchev–Trinajstić information content (AvgIpc) is 3.53. The third-order valence-corrected chi connectivity index (χ3v) is 4.87. The van der Waals surface area contributed by atoms with Crippen molar-refractivity contribution in [2.75, 3.05) is 5.32 Å². The molecule has 1 saturated carbocycles. The monoisotopic (exact) mass is 413 g/mol. The van der Waals surface area contributed by atoms with E-state index in [9.17, 15) is 9.59 Å². The van der Waals surface area contributed by atoms with Gasteiger partial charge in [-0.05, 0) is 75.1 Å². The molecule has 2 N–H and O–H groups in total. The number of halogens is 1. The molecule has 0 saturated heterocycles. The van der Waals surface area contributed by atoms with E-state index in [1.54, 1.807) is 32.0 Å². The van der Waals surface area contributed by atoms with Gasteiger partial charge in [-0.2, -0.15) is 5.10 Å². The molecule has 152 valence electrons. The molecule has 1 aliphatic rings. The maximum absolute atomic E-state index is 12.3. The normalized spacial score (nSPS) is 14.8. The Morgan fingerprint density at radius 2 is 1.97 bits per heavy atom. The molecule has 6 nitrogen and oxygen atoms in total. The number of carbonyl (C=O) groups excluding carboxylic acids is 2. The number of carbonyl (C=O) groups is 2. The third-order valence-electron chi connectivity index (χ3n) is 4.64. The molecule has 29 heavy (non-hydrogen) atoms. The summed E-state index contributed by atoms with van der Waals surface area (Å²) >= 11 is 5.94. The van der Waals surface area contributed by atoms with Crippen LogP contribution >= 0.6 is 11.6 Å². The van der Waals surface area contributed by atoms with Gasteiger partial charge in [-0.1, -0.05) is 23.7 Å². The van der Waals surface area contributed by atoms with Gasteiger partial charge in [0.1, 0.15) is 5.75 Å². The van der Waals surface area contributed by atoms with E-state index < -0.39 is 6.10 Å². The van der Waals surface area contributed by atoms with E-state index in [0.717, 1.165) is 29.7 Å². The first-order valence-corrected chi connectivity index (χ1v) is 9.89. The topological polar surface area (TPSA) is 79.8 Å². The Morgan fingerprint density at radius 3 is 2.66 bits per heavy atom. The van der Waals surface area contributed by atoms with Crippen LogP contribution in [0.4, 0.5) is 5.69 Å². The number of nitrogens with zero attached hydrogens (tertiary/aromatic N) is 1. The highest BCUT2D eigenvalue weighted by Gasteiger charge is 2.29. The zero-order chi connectivity index (χ0) is 21.0. The van der Waals surface area contributed by atoms with Crippen molar-refractivity contribution < 1.29 is 14.3 Å². The van der Waals surface area contributed by atoms with Gasteiger partial charge in [-0.3, -0.25) is 9.59 Å². The smallest absolute Gasteiger partial charge is 0.280 e. The molecule has 0 spiro atoms. The minimum absolute atomic E-state index is 0.0495. The summed E-state index contributed by atoms with van der Waals surface area (Å²) in [6, 6.07) is 12.6. The van der Waals surface area contributed by atoms with Crippen LogP contribution in [0.15, 0.2) is 47.6 Å². The summed E-state index contributed by atoms with van der Waals surface area (Å²) in [7, 11) is 0. The lowest BCUT2D eigenvalue weighted by molar-refractivity contribution is -0.127. The van der Waals surface area contributed by atoms with Crippen molar-refractivity contribution >= 4 is 34.8 Å². The van der Waals surface area contributed by atoms with Gasteiger partial charge in [0.25, 0.3) is 5.91 Å². The maximum atomic E-state index is 12.3. The van der Waals surface area contributed by atoms with Gasteiger partial charge in [0, 0.05) is 16.6 Å². The number of amides is 2. The lowest BCUT2D eigenvalue weighted by atomic mass is 10.1. The molecule has 3 rings (SSSR count). The van der Waals surface area contributed by atoms with Crippen LogP contribution < -0.4 is 15.5 Å². The molecule has 0 aliphatic heterocycles. The molecule has 2 aromatic carbocycles. The molecule has 1 aliphatic carbocycles. The van der Waals surface area contributed by atoms with E-state index in [1.165, 1.54) is 0 Å². The van der Waals surface area contributed by atoms with Crippen molar-refractivity contribution in [1.82, 2.24) is 5.43 Å². The first kappa shape index (κ1) is 20.9. The molecule has 0 radical (unpaired) electrons. The highest BCUT2D eigenvalue weighted by molar-refractivity contribution is 6.30. The molecule has 0 aromatic heterocycles. The first-order valence-electron chi connectivity index (χ1n) is 9.51. The number of ether oxygens (including phenoxy) is 1. The third kappa shape index (κ3) is 5.81. The Hall–Kier alpha value is -2.86. The molecule has 2 aromatic rings. The van der Waals surface area contributed by atoms with Crippen LogP contribution in [0.5, 0.6) is 5.75 Å². The summed E-state index contributed by atoms with van der Waals surface area (Å²) < 4.78 is 5.70. The molecule has 1 fully saturated rings. The molecule has 0 heterocycles. The Balaban J connectivity index is 1.59. The van der Waals surface area contributed by atoms with Gasteiger partial charge < -0.3 is 10.1 Å². The zero-order valence-electron chi connectivity index (χ0n) is 16.7. The van der Waals surface area contributed by atoms with Crippen LogP contribution in [-0.2, 0) is 9.59 Å². The SMILES string of the molecule is CC(=NNC(=O)C(C)Oc1ccc(Cl)cc1C)c1cccc(NC(=O)C2CC2)c1. The van der Waals surface area contributed by atoms with Crippen LogP contribution in [0.3, 0.4) is 0 Å². The fourth-order valence-electron chi connectivity index (χ4n) is 2.70. The Kier molecular flexibility index (Phi) is 6.54. The van der Waals surface area contributed by atoms with E-state index in [-0.39, 0.29) is 17.7 Å². The van der Waals surface area contributed by atoms with Crippen LogP contribution in [-0.4, -0.2) is 23.6 Å². The quantitative estimate of drug-likeness (QED) is 0.524. The van der Waals surface area contributed by atoms with Crippen molar-refractivity contribution in [3.05, 3.63) is 58.6 Å². The summed E-state index contributed by atoms with van der Waals surface area (Å²) in [4.78, 5) is 24.2. The summed E-state index contributed by atoms with van der Waals surface area (Å²) in [5.74, 6) is 0.417. The van der Waals surface area contributed by atoms with Crippen LogP contribution in [0.25, 0.3) is 0 Å². The number of nitrogens with one attached hydrogen (secondary N) is 2. The number of benzene rings is 2. The van der Waals surface area contributed by atoms with Crippen molar-refractivity contribution in [2.24, 2.45) is 11.0 Å². The molecule has 1 unspecified atom stereocenters. The Labute approximate surface area is 175 Å². The van der Waals surface area contributed by atoms with E-state index in [4.69, 9.17) is 16.3 Å². The largest absolute Gasteiger partial charge is 0.481 e. The van der Waals surface area contributed by atoms with Gasteiger partial charge >= 0.3 is 0 Å². The van der Waals surface area contributed by atoms with Crippen LogP contribution in [0.2, 0.25) is 5.02 Å². The lowest BCUT2D eigenvalue weighted by Crippen LogP contribution is -2.34. The maximum Gasteiger partial charge on any atom is 0.280 e.